The van der Waals surface area contributed by atoms with Crippen molar-refractivity contribution < 1.29 is 18.7 Å². The molecule has 202 valence electrons. The molecule has 4 N–H and O–H groups in total. The number of carbonyl (C=O) groups excluding carboxylic acids is 1. The summed E-state index contributed by atoms with van der Waals surface area (Å²) in [6.45, 7) is 2.06. The summed E-state index contributed by atoms with van der Waals surface area (Å²) < 4.78 is 25.3. The highest BCUT2D eigenvalue weighted by atomic mass is 19.1. The zero-order chi connectivity index (χ0) is 27.9. The normalized spacial score (nSPS) is 16.6. The Bertz CT molecular complexity index is 1540. The van der Waals surface area contributed by atoms with Gasteiger partial charge in [0.2, 0.25) is 5.88 Å². The zero-order valence-electron chi connectivity index (χ0n) is 21.8. The van der Waals surface area contributed by atoms with Crippen molar-refractivity contribution in [3.8, 4) is 17.4 Å². The molecule has 8 nitrogen and oxygen atoms in total. The Balaban J connectivity index is 1.24. The summed E-state index contributed by atoms with van der Waals surface area (Å²) in [5.41, 5.74) is 12.6. The minimum atomic E-state index is -0.488. The van der Waals surface area contributed by atoms with Gasteiger partial charge in [0.1, 0.15) is 17.2 Å². The van der Waals surface area contributed by atoms with Crippen LogP contribution in [-0.2, 0) is 4.79 Å². The van der Waals surface area contributed by atoms with Crippen LogP contribution in [0.3, 0.4) is 0 Å². The lowest BCUT2D eigenvalue weighted by Gasteiger charge is -2.21. The van der Waals surface area contributed by atoms with E-state index in [1.54, 1.807) is 24.3 Å². The van der Waals surface area contributed by atoms with Crippen LogP contribution in [-0.4, -0.2) is 16.6 Å². The van der Waals surface area contributed by atoms with Gasteiger partial charge in [-0.05, 0) is 66.5 Å². The second kappa shape index (κ2) is 12.1. The summed E-state index contributed by atoms with van der Waals surface area (Å²) >= 11 is 0. The third kappa shape index (κ3) is 6.10. The van der Waals surface area contributed by atoms with Crippen molar-refractivity contribution in [1.82, 2.24) is 10.4 Å². The molecule has 1 atom stereocenters. The lowest BCUT2D eigenvalue weighted by atomic mass is 9.84. The molecule has 0 saturated heterocycles. The van der Waals surface area contributed by atoms with E-state index in [2.05, 4.69) is 27.8 Å². The number of carbonyl (C=O) groups is 1. The SMILES string of the molecule is CC/C(=C\C(=C/N)Oc1ccccc1)C1=CC=C2NN=C(C(=O)Nc3ccc(Oc4ccccc4F)nc3)C2C1. The van der Waals surface area contributed by atoms with Gasteiger partial charge in [-0.15, -0.1) is 0 Å². The number of anilines is 1. The molecular weight excluding hydrogens is 509 g/mol. The summed E-state index contributed by atoms with van der Waals surface area (Å²) in [6, 6.07) is 18.7. The fraction of sp³-hybridized carbons (Fsp3) is 0.129. The Kier molecular flexibility index (Phi) is 8.01. The summed E-state index contributed by atoms with van der Waals surface area (Å²) in [5.74, 6) is 0.438. The average Bonchev–Trinajstić information content (AvgIpc) is 3.41. The van der Waals surface area contributed by atoms with Gasteiger partial charge in [-0.2, -0.15) is 5.10 Å². The first-order chi connectivity index (χ1) is 19.5. The number of nitrogens with two attached hydrogens (primary N) is 1. The van der Waals surface area contributed by atoms with Gasteiger partial charge in [-0.25, -0.2) is 9.37 Å². The number of nitrogens with one attached hydrogen (secondary N) is 2. The quantitative estimate of drug-likeness (QED) is 0.230. The van der Waals surface area contributed by atoms with Gasteiger partial charge in [-0.3, -0.25) is 10.2 Å². The minimum absolute atomic E-state index is 0.0693. The van der Waals surface area contributed by atoms with Crippen molar-refractivity contribution in [2.45, 2.75) is 19.8 Å². The molecular formula is C31H28FN5O3. The Morgan fingerprint density at radius 3 is 2.65 bits per heavy atom. The summed E-state index contributed by atoms with van der Waals surface area (Å²) in [6.07, 6.45) is 10.1. The molecule has 0 saturated carbocycles. The van der Waals surface area contributed by atoms with Crippen LogP contribution in [0.25, 0.3) is 0 Å². The molecule has 1 aliphatic carbocycles. The number of amides is 1. The first-order valence-electron chi connectivity index (χ1n) is 12.8. The van der Waals surface area contributed by atoms with Crippen molar-refractivity contribution in [1.29, 1.82) is 0 Å². The summed E-state index contributed by atoms with van der Waals surface area (Å²) in [5, 5.41) is 7.14. The topological polar surface area (TPSA) is 111 Å². The first kappa shape index (κ1) is 26.4. The maximum absolute atomic E-state index is 13.8. The van der Waals surface area contributed by atoms with E-state index < -0.39 is 5.82 Å². The molecule has 1 amide bonds. The number of benzene rings is 2. The number of para-hydroxylation sites is 2. The minimum Gasteiger partial charge on any atom is -0.456 e. The molecule has 1 unspecified atom stereocenters. The number of hydrazone groups is 1. The van der Waals surface area contributed by atoms with Gasteiger partial charge < -0.3 is 20.5 Å². The molecule has 3 aromatic rings. The van der Waals surface area contributed by atoms with Crippen molar-refractivity contribution in [3.63, 3.8) is 0 Å². The molecule has 0 fully saturated rings. The number of allylic oxidation sites excluding steroid dienone is 6. The van der Waals surface area contributed by atoms with Crippen molar-refractivity contribution in [3.05, 3.63) is 126 Å². The van der Waals surface area contributed by atoms with E-state index in [0.717, 1.165) is 23.3 Å². The van der Waals surface area contributed by atoms with Crippen LogP contribution >= 0.6 is 0 Å². The maximum Gasteiger partial charge on any atom is 0.272 e. The lowest BCUT2D eigenvalue weighted by Crippen LogP contribution is -2.29. The molecule has 0 bridgehead atoms. The van der Waals surface area contributed by atoms with E-state index in [0.29, 0.717) is 29.3 Å². The van der Waals surface area contributed by atoms with Crippen molar-refractivity contribution in [2.75, 3.05) is 5.32 Å². The summed E-state index contributed by atoms with van der Waals surface area (Å²) in [7, 11) is 0. The van der Waals surface area contributed by atoms with E-state index in [4.69, 9.17) is 15.2 Å². The number of nitrogens with zero attached hydrogens (tertiary/aromatic N) is 2. The fourth-order valence-electron chi connectivity index (χ4n) is 4.39. The van der Waals surface area contributed by atoms with Gasteiger partial charge in [0.05, 0.1) is 17.8 Å². The smallest absolute Gasteiger partial charge is 0.272 e. The average molecular weight is 538 g/mol. The van der Waals surface area contributed by atoms with Gasteiger partial charge >= 0.3 is 0 Å². The molecule has 0 spiro atoms. The third-order valence-corrected chi connectivity index (χ3v) is 6.43. The van der Waals surface area contributed by atoms with Gasteiger partial charge in [0.15, 0.2) is 11.6 Å². The number of hydrogen-bond acceptors (Lipinski definition) is 7. The number of pyridine rings is 1. The fourth-order valence-corrected chi connectivity index (χ4v) is 4.39. The highest BCUT2D eigenvalue weighted by Crippen LogP contribution is 2.34. The Labute approximate surface area is 231 Å². The lowest BCUT2D eigenvalue weighted by molar-refractivity contribution is -0.110. The van der Waals surface area contributed by atoms with Crippen molar-refractivity contribution >= 4 is 17.3 Å². The standard InChI is InChI=1S/C31H28FN5O3/c1-2-20(16-24(18-33)39-23-8-4-3-5-9-23)21-12-14-27-25(17-21)30(37-36-27)31(38)35-22-13-15-29(34-19-22)40-28-11-7-6-10-26(28)32/h3-16,18-19,25,36H,2,17,33H2,1H3,(H,35,38)/b20-16+,24-18+. The number of rotatable bonds is 9. The molecule has 2 aromatic carbocycles. The molecule has 40 heavy (non-hydrogen) atoms. The van der Waals surface area contributed by atoms with Crippen LogP contribution in [0.5, 0.6) is 17.4 Å². The first-order valence-corrected chi connectivity index (χ1v) is 12.8. The molecule has 9 heteroatoms. The number of fused-ring (bicyclic) bond motifs is 1. The number of aromatic nitrogens is 1. The molecule has 0 radical (unpaired) electrons. The molecule has 2 heterocycles. The Morgan fingerprint density at radius 1 is 1.12 bits per heavy atom. The van der Waals surface area contributed by atoms with E-state index in [-0.39, 0.29) is 23.5 Å². The van der Waals surface area contributed by atoms with E-state index >= 15 is 0 Å². The number of ether oxygens (including phenoxy) is 2. The van der Waals surface area contributed by atoms with Gasteiger partial charge in [0, 0.05) is 18.0 Å². The van der Waals surface area contributed by atoms with Crippen LogP contribution in [0.4, 0.5) is 10.1 Å². The van der Waals surface area contributed by atoms with Gasteiger partial charge in [0.25, 0.3) is 5.91 Å². The second-order valence-electron chi connectivity index (χ2n) is 9.06. The molecule has 5 rings (SSSR count). The van der Waals surface area contributed by atoms with E-state index in [1.807, 2.05) is 48.6 Å². The van der Waals surface area contributed by atoms with Crippen molar-refractivity contribution in [2.24, 2.45) is 16.8 Å². The monoisotopic (exact) mass is 537 g/mol. The van der Waals surface area contributed by atoms with Crippen LogP contribution in [0, 0.1) is 11.7 Å². The van der Waals surface area contributed by atoms with E-state index in [1.165, 1.54) is 24.5 Å². The molecule has 2 aliphatic rings. The van der Waals surface area contributed by atoms with Gasteiger partial charge in [-0.1, -0.05) is 43.3 Å². The second-order valence-corrected chi connectivity index (χ2v) is 9.06. The van der Waals surface area contributed by atoms with Crippen LogP contribution in [0.1, 0.15) is 19.8 Å². The number of hydrogen-bond donors (Lipinski definition) is 3. The predicted octanol–water partition coefficient (Wildman–Crippen LogP) is 5.96. The third-order valence-electron chi connectivity index (χ3n) is 6.43. The van der Waals surface area contributed by atoms with E-state index in [9.17, 15) is 9.18 Å². The molecule has 1 aliphatic heterocycles. The maximum atomic E-state index is 13.8. The predicted molar refractivity (Wildman–Crippen MR) is 152 cm³/mol. The van der Waals surface area contributed by atoms with Crippen LogP contribution < -0.4 is 25.9 Å². The molecule has 1 aromatic heterocycles. The number of halogens is 1. The Morgan fingerprint density at radius 2 is 1.93 bits per heavy atom. The Hall–Kier alpha value is -5.18. The zero-order valence-corrected chi connectivity index (χ0v) is 21.8. The summed E-state index contributed by atoms with van der Waals surface area (Å²) in [4.78, 5) is 17.3. The highest BCUT2D eigenvalue weighted by Gasteiger charge is 2.34. The van der Waals surface area contributed by atoms with Crippen LogP contribution in [0.2, 0.25) is 0 Å². The highest BCUT2D eigenvalue weighted by molar-refractivity contribution is 6.44. The van der Waals surface area contributed by atoms with Crippen LogP contribution in [0.15, 0.2) is 125 Å². The largest absolute Gasteiger partial charge is 0.456 e.